The van der Waals surface area contributed by atoms with Crippen LogP contribution in [-0.4, -0.2) is 9.97 Å². The Labute approximate surface area is 143 Å². The Morgan fingerprint density at radius 2 is 1.62 bits per heavy atom. The molecule has 0 unspecified atom stereocenters. The predicted octanol–water partition coefficient (Wildman–Crippen LogP) is 3.77. The molecule has 0 aliphatic heterocycles. The van der Waals surface area contributed by atoms with E-state index in [0.717, 1.165) is 29.3 Å². The molecule has 4 rings (SSSR count). The van der Waals surface area contributed by atoms with Gasteiger partial charge in [-0.3, -0.25) is 4.98 Å². The van der Waals surface area contributed by atoms with E-state index >= 15 is 0 Å². The van der Waals surface area contributed by atoms with Gasteiger partial charge in [0.1, 0.15) is 6.20 Å². The Kier molecular flexibility index (Phi) is 3.27. The molecule has 0 saturated carbocycles. The van der Waals surface area contributed by atoms with Gasteiger partial charge in [-0.15, -0.1) is 0 Å². The van der Waals surface area contributed by atoms with Gasteiger partial charge in [-0.05, 0) is 61.5 Å². The number of fused-ring (bicyclic) bond motifs is 3. The average Bonchev–Trinajstić information content (AvgIpc) is 2.86. The van der Waals surface area contributed by atoms with Crippen molar-refractivity contribution in [1.29, 1.82) is 0 Å². The third-order valence-electron chi connectivity index (χ3n) is 5.00. The highest BCUT2D eigenvalue weighted by Crippen LogP contribution is 2.35. The first-order valence-electron chi connectivity index (χ1n) is 8.38. The van der Waals surface area contributed by atoms with E-state index in [1.165, 1.54) is 33.4 Å². The third kappa shape index (κ3) is 2.23. The summed E-state index contributed by atoms with van der Waals surface area (Å²) in [6.07, 6.45) is 3.03. The van der Waals surface area contributed by atoms with Crippen LogP contribution in [0.25, 0.3) is 22.5 Å². The SMILES string of the molecule is Cc1cc(C)c(C)c(-c2nc3c(c[n+]2C)-c2ccc(C)nc2C3)c1. The molecule has 3 aromatic rings. The molecule has 0 fully saturated rings. The quantitative estimate of drug-likeness (QED) is 0.500. The van der Waals surface area contributed by atoms with Crippen molar-refractivity contribution in [1.82, 2.24) is 9.97 Å². The molecule has 0 N–H and O–H groups in total. The molecule has 1 aliphatic rings. The molecule has 0 spiro atoms. The van der Waals surface area contributed by atoms with Crippen LogP contribution < -0.4 is 4.57 Å². The Morgan fingerprint density at radius 3 is 2.42 bits per heavy atom. The van der Waals surface area contributed by atoms with E-state index in [1.54, 1.807) is 0 Å². The largest absolute Gasteiger partial charge is 0.330 e. The van der Waals surface area contributed by atoms with Gasteiger partial charge >= 0.3 is 5.82 Å². The number of rotatable bonds is 1. The highest BCUT2D eigenvalue weighted by Gasteiger charge is 2.29. The molecule has 0 radical (unpaired) electrons. The topological polar surface area (TPSA) is 29.7 Å². The molecule has 1 aromatic carbocycles. The van der Waals surface area contributed by atoms with Gasteiger partial charge in [0.15, 0.2) is 5.69 Å². The molecule has 1 aliphatic carbocycles. The normalized spacial score (nSPS) is 12.2. The first-order chi connectivity index (χ1) is 11.4. The lowest BCUT2D eigenvalue weighted by molar-refractivity contribution is -0.662. The molecule has 0 amide bonds. The minimum Gasteiger partial charge on any atom is -0.257 e. The number of hydrogen-bond donors (Lipinski definition) is 0. The molecule has 120 valence electrons. The minimum atomic E-state index is 0.823. The number of hydrogen-bond acceptors (Lipinski definition) is 2. The second-order valence-electron chi connectivity index (χ2n) is 6.91. The van der Waals surface area contributed by atoms with E-state index in [1.807, 2.05) is 6.92 Å². The predicted molar refractivity (Wildman–Crippen MR) is 95.8 cm³/mol. The second-order valence-corrected chi connectivity index (χ2v) is 6.91. The van der Waals surface area contributed by atoms with E-state index in [-0.39, 0.29) is 0 Å². The molecule has 2 heterocycles. The van der Waals surface area contributed by atoms with Crippen LogP contribution in [0, 0.1) is 27.7 Å². The summed E-state index contributed by atoms with van der Waals surface area (Å²) in [6, 6.07) is 8.72. The summed E-state index contributed by atoms with van der Waals surface area (Å²) >= 11 is 0. The van der Waals surface area contributed by atoms with Gasteiger partial charge in [-0.2, -0.15) is 0 Å². The summed E-state index contributed by atoms with van der Waals surface area (Å²) in [6.45, 7) is 8.54. The molecular formula is C21H22N3+. The van der Waals surface area contributed by atoms with Crippen molar-refractivity contribution in [2.75, 3.05) is 0 Å². The molecule has 0 bridgehead atoms. The van der Waals surface area contributed by atoms with Crippen molar-refractivity contribution in [3.63, 3.8) is 0 Å². The van der Waals surface area contributed by atoms with E-state index < -0.39 is 0 Å². The molecular weight excluding hydrogens is 294 g/mol. The fraction of sp³-hybridized carbons (Fsp3) is 0.286. The van der Waals surface area contributed by atoms with Gasteiger partial charge in [0.05, 0.1) is 30.3 Å². The van der Waals surface area contributed by atoms with Crippen LogP contribution in [0.2, 0.25) is 0 Å². The van der Waals surface area contributed by atoms with Crippen molar-refractivity contribution < 1.29 is 4.57 Å². The standard InChI is InChI=1S/C21H22N3/c1-12-8-13(2)15(4)17(9-12)21-23-20-10-19-16(7-6-14(3)22-19)18(20)11-24(21)5/h6-9,11H,10H2,1-5H3/q+1. The first-order valence-corrected chi connectivity index (χ1v) is 8.38. The number of aromatic nitrogens is 3. The Hall–Kier alpha value is -2.55. The van der Waals surface area contributed by atoms with Crippen molar-refractivity contribution in [3.05, 3.63) is 64.2 Å². The van der Waals surface area contributed by atoms with Crippen LogP contribution in [0.1, 0.15) is 33.8 Å². The average molecular weight is 316 g/mol. The lowest BCUT2D eigenvalue weighted by Gasteiger charge is -2.09. The van der Waals surface area contributed by atoms with Crippen LogP contribution in [-0.2, 0) is 13.5 Å². The number of benzene rings is 1. The van der Waals surface area contributed by atoms with Gasteiger partial charge in [-0.1, -0.05) is 12.1 Å². The zero-order valence-corrected chi connectivity index (χ0v) is 14.9. The second kappa shape index (κ2) is 5.23. The van der Waals surface area contributed by atoms with Gasteiger partial charge in [0.2, 0.25) is 0 Å². The summed E-state index contributed by atoms with van der Waals surface area (Å²) in [5.41, 5.74) is 10.9. The van der Waals surface area contributed by atoms with E-state index in [0.29, 0.717) is 0 Å². The van der Waals surface area contributed by atoms with Crippen molar-refractivity contribution in [3.8, 4) is 22.5 Å². The maximum atomic E-state index is 5.03. The van der Waals surface area contributed by atoms with Gasteiger partial charge in [0.25, 0.3) is 0 Å². The molecule has 0 atom stereocenters. The minimum absolute atomic E-state index is 0.823. The van der Waals surface area contributed by atoms with Gasteiger partial charge in [-0.25, -0.2) is 4.57 Å². The monoisotopic (exact) mass is 316 g/mol. The summed E-state index contributed by atoms with van der Waals surface area (Å²) < 4.78 is 2.15. The van der Waals surface area contributed by atoms with Crippen LogP contribution in [0.3, 0.4) is 0 Å². The smallest absolute Gasteiger partial charge is 0.257 e. The highest BCUT2D eigenvalue weighted by atomic mass is 15.0. The maximum Gasteiger partial charge on any atom is 0.330 e. The van der Waals surface area contributed by atoms with Crippen LogP contribution in [0.5, 0.6) is 0 Å². The zero-order valence-electron chi connectivity index (χ0n) is 14.9. The van der Waals surface area contributed by atoms with E-state index in [2.05, 4.69) is 62.8 Å². The van der Waals surface area contributed by atoms with Crippen LogP contribution >= 0.6 is 0 Å². The lowest BCUT2D eigenvalue weighted by atomic mass is 9.99. The Bertz CT molecular complexity index is 987. The number of pyridine rings is 1. The summed E-state index contributed by atoms with van der Waals surface area (Å²) in [4.78, 5) is 9.73. The Balaban J connectivity index is 1.91. The van der Waals surface area contributed by atoms with Gasteiger partial charge in [0, 0.05) is 11.3 Å². The van der Waals surface area contributed by atoms with E-state index in [9.17, 15) is 0 Å². The van der Waals surface area contributed by atoms with Crippen LogP contribution in [0.15, 0.2) is 30.5 Å². The zero-order chi connectivity index (χ0) is 17.0. The van der Waals surface area contributed by atoms with Crippen molar-refractivity contribution in [2.45, 2.75) is 34.1 Å². The summed E-state index contributed by atoms with van der Waals surface area (Å²) in [5.74, 6) is 1.03. The summed E-state index contributed by atoms with van der Waals surface area (Å²) in [7, 11) is 2.08. The van der Waals surface area contributed by atoms with Gasteiger partial charge < -0.3 is 0 Å². The van der Waals surface area contributed by atoms with Crippen molar-refractivity contribution >= 4 is 0 Å². The van der Waals surface area contributed by atoms with Crippen LogP contribution in [0.4, 0.5) is 0 Å². The summed E-state index contributed by atoms with van der Waals surface area (Å²) in [5, 5.41) is 0. The molecule has 3 nitrogen and oxygen atoms in total. The fourth-order valence-corrected chi connectivity index (χ4v) is 3.63. The Morgan fingerprint density at radius 1 is 0.875 bits per heavy atom. The molecule has 0 saturated heterocycles. The molecule has 3 heteroatoms. The van der Waals surface area contributed by atoms with E-state index in [4.69, 9.17) is 9.97 Å². The van der Waals surface area contributed by atoms with Crippen molar-refractivity contribution in [2.24, 2.45) is 7.05 Å². The fourth-order valence-electron chi connectivity index (χ4n) is 3.63. The lowest BCUT2D eigenvalue weighted by Crippen LogP contribution is -2.33. The molecule has 2 aromatic heterocycles. The third-order valence-corrected chi connectivity index (χ3v) is 5.00. The highest BCUT2D eigenvalue weighted by molar-refractivity contribution is 5.74. The number of nitrogens with zero attached hydrogens (tertiary/aromatic N) is 3. The maximum absolute atomic E-state index is 5.03. The first kappa shape index (κ1) is 15.0. The number of aryl methyl sites for hydroxylation is 4. The molecule has 24 heavy (non-hydrogen) atoms.